The van der Waals surface area contributed by atoms with Gasteiger partial charge in [-0.15, -0.1) is 5.47 Å². The van der Waals surface area contributed by atoms with Crippen molar-refractivity contribution in [3.05, 3.63) is 20.7 Å². The molecule has 1 unspecified atom stereocenters. The first-order valence-corrected chi connectivity index (χ1v) is 4.70. The van der Waals surface area contributed by atoms with Gasteiger partial charge in [0.05, 0.1) is 11.6 Å². The summed E-state index contributed by atoms with van der Waals surface area (Å²) in [5, 5.41) is 8.71. The number of hydrogen-bond acceptors (Lipinski definition) is 1. The van der Waals surface area contributed by atoms with Gasteiger partial charge in [-0.2, -0.15) is 5.26 Å². The van der Waals surface area contributed by atoms with E-state index in [1.807, 2.05) is 6.08 Å². The summed E-state index contributed by atoms with van der Waals surface area (Å²) in [4.78, 5) is 0. The van der Waals surface area contributed by atoms with Gasteiger partial charge in [0.1, 0.15) is 7.85 Å². The molecule has 56 valence electrons. The van der Waals surface area contributed by atoms with E-state index in [2.05, 4.69) is 43.4 Å². The lowest BCUT2D eigenvalue weighted by atomic mass is 9.78. The molecule has 0 aromatic carbocycles. The Kier molecular flexibility index (Phi) is 2.77. The highest BCUT2D eigenvalue weighted by Crippen LogP contribution is 2.30. The first-order valence-electron chi connectivity index (χ1n) is 3.62. The van der Waals surface area contributed by atoms with Crippen molar-refractivity contribution in [2.75, 3.05) is 0 Å². The number of nitriles is 1. The maximum atomic E-state index is 8.71. The van der Waals surface area contributed by atoms with Crippen molar-refractivity contribution in [3.8, 4) is 6.07 Å². The Balaban J connectivity index is 2.99. The maximum absolute atomic E-state index is 8.71. The van der Waals surface area contributed by atoms with E-state index in [-0.39, 0.29) is 0 Å². The standard InChI is InChI=1S/C8H9BIN/c1-5-2-8(10)6(4-11)3-7(5)9/h3,5H,2,9H2,1H3. The molecule has 11 heavy (non-hydrogen) atoms. The van der Waals surface area contributed by atoms with Crippen molar-refractivity contribution in [1.82, 2.24) is 0 Å². The van der Waals surface area contributed by atoms with E-state index >= 15 is 0 Å². The molecule has 0 saturated heterocycles. The molecule has 1 aliphatic carbocycles. The third-order valence-corrected chi connectivity index (χ3v) is 3.07. The fourth-order valence-electron chi connectivity index (χ4n) is 1.08. The molecule has 0 saturated carbocycles. The quantitative estimate of drug-likeness (QED) is 0.479. The zero-order valence-corrected chi connectivity index (χ0v) is 8.84. The molecule has 0 heterocycles. The van der Waals surface area contributed by atoms with Crippen molar-refractivity contribution in [2.24, 2.45) is 5.92 Å². The van der Waals surface area contributed by atoms with Crippen LogP contribution < -0.4 is 0 Å². The van der Waals surface area contributed by atoms with Crippen LogP contribution in [0.3, 0.4) is 0 Å². The minimum Gasteiger partial charge on any atom is -0.192 e. The molecule has 1 nitrogen and oxygen atoms in total. The van der Waals surface area contributed by atoms with E-state index < -0.39 is 0 Å². The van der Waals surface area contributed by atoms with Gasteiger partial charge < -0.3 is 0 Å². The van der Waals surface area contributed by atoms with E-state index in [4.69, 9.17) is 5.26 Å². The van der Waals surface area contributed by atoms with Crippen molar-refractivity contribution in [1.29, 1.82) is 5.26 Å². The van der Waals surface area contributed by atoms with Crippen molar-refractivity contribution >= 4 is 30.4 Å². The first-order chi connectivity index (χ1) is 5.15. The van der Waals surface area contributed by atoms with Crippen molar-refractivity contribution in [2.45, 2.75) is 13.3 Å². The fraction of sp³-hybridized carbons (Fsp3) is 0.375. The van der Waals surface area contributed by atoms with Gasteiger partial charge in [0.15, 0.2) is 0 Å². The monoisotopic (exact) mass is 257 g/mol. The van der Waals surface area contributed by atoms with Crippen LogP contribution in [-0.2, 0) is 0 Å². The van der Waals surface area contributed by atoms with Crippen LogP contribution in [0.5, 0.6) is 0 Å². The maximum Gasteiger partial charge on any atom is 0.134 e. The molecule has 0 radical (unpaired) electrons. The number of halogens is 1. The molecule has 1 aliphatic rings. The predicted molar refractivity (Wildman–Crippen MR) is 57.1 cm³/mol. The van der Waals surface area contributed by atoms with Gasteiger partial charge in [-0.1, -0.05) is 13.0 Å². The van der Waals surface area contributed by atoms with Crippen LogP contribution in [0.4, 0.5) is 0 Å². The van der Waals surface area contributed by atoms with Crippen LogP contribution in [0.25, 0.3) is 0 Å². The summed E-state index contributed by atoms with van der Waals surface area (Å²) in [6.45, 7) is 2.19. The Hall–Kier alpha value is -0.235. The van der Waals surface area contributed by atoms with Crippen LogP contribution in [0.2, 0.25) is 0 Å². The highest BCUT2D eigenvalue weighted by Gasteiger charge is 2.14. The summed E-state index contributed by atoms with van der Waals surface area (Å²) >= 11 is 2.26. The second kappa shape index (κ2) is 3.44. The number of nitrogens with zero attached hydrogens (tertiary/aromatic N) is 1. The van der Waals surface area contributed by atoms with E-state index in [1.165, 1.54) is 9.05 Å². The average Bonchev–Trinajstić information content (AvgIpc) is 1.97. The van der Waals surface area contributed by atoms with Crippen LogP contribution >= 0.6 is 22.6 Å². The second-order valence-corrected chi connectivity index (χ2v) is 4.23. The second-order valence-electron chi connectivity index (χ2n) is 2.92. The Morgan fingerprint density at radius 1 is 1.82 bits per heavy atom. The minimum absolute atomic E-state index is 0.610. The minimum atomic E-state index is 0.610. The molecule has 0 N–H and O–H groups in total. The lowest BCUT2D eigenvalue weighted by molar-refractivity contribution is 0.715. The largest absolute Gasteiger partial charge is 0.192 e. The number of rotatable bonds is 0. The highest BCUT2D eigenvalue weighted by atomic mass is 127. The molecule has 0 bridgehead atoms. The Morgan fingerprint density at radius 2 is 2.45 bits per heavy atom. The topological polar surface area (TPSA) is 23.8 Å². The Morgan fingerprint density at radius 3 is 3.00 bits per heavy atom. The van der Waals surface area contributed by atoms with Gasteiger partial charge in [0.2, 0.25) is 0 Å². The normalized spacial score (nSPS) is 24.5. The van der Waals surface area contributed by atoms with Gasteiger partial charge in [-0.25, -0.2) is 0 Å². The molecular formula is C8H9BIN. The summed E-state index contributed by atoms with van der Waals surface area (Å²) in [7, 11) is 2.09. The van der Waals surface area contributed by atoms with Crippen molar-refractivity contribution < 1.29 is 0 Å². The number of allylic oxidation sites excluding steroid dienone is 4. The third-order valence-electron chi connectivity index (χ3n) is 2.05. The Bertz CT molecular complexity index is 272. The van der Waals surface area contributed by atoms with Gasteiger partial charge in [-0.05, 0) is 34.9 Å². The van der Waals surface area contributed by atoms with Gasteiger partial charge in [0.25, 0.3) is 0 Å². The fourth-order valence-corrected chi connectivity index (χ4v) is 2.02. The molecule has 0 fully saturated rings. The molecule has 0 aliphatic heterocycles. The molecule has 1 atom stereocenters. The van der Waals surface area contributed by atoms with Crippen LogP contribution in [-0.4, -0.2) is 7.85 Å². The number of hydrogen-bond donors (Lipinski definition) is 0. The van der Waals surface area contributed by atoms with Crippen LogP contribution in [0.1, 0.15) is 13.3 Å². The summed E-state index contributed by atoms with van der Waals surface area (Å²) in [6.07, 6.45) is 3.03. The summed E-state index contributed by atoms with van der Waals surface area (Å²) in [5.74, 6) is 0.610. The zero-order chi connectivity index (χ0) is 8.43. The summed E-state index contributed by atoms with van der Waals surface area (Å²) < 4.78 is 1.20. The molecule has 0 amide bonds. The zero-order valence-electron chi connectivity index (χ0n) is 6.69. The van der Waals surface area contributed by atoms with E-state index in [1.54, 1.807) is 0 Å². The SMILES string of the molecule is BC1=CC(C#N)=C(I)CC1C. The molecule has 3 heteroatoms. The van der Waals surface area contributed by atoms with Crippen LogP contribution in [0, 0.1) is 17.2 Å². The molecular weight excluding hydrogens is 248 g/mol. The smallest absolute Gasteiger partial charge is 0.134 e. The van der Waals surface area contributed by atoms with E-state index in [0.29, 0.717) is 5.92 Å². The third kappa shape index (κ3) is 1.87. The molecule has 0 spiro atoms. The lowest BCUT2D eigenvalue weighted by Gasteiger charge is -2.17. The van der Waals surface area contributed by atoms with Crippen LogP contribution in [0.15, 0.2) is 20.7 Å². The molecule has 0 aromatic heterocycles. The van der Waals surface area contributed by atoms with Gasteiger partial charge >= 0.3 is 0 Å². The Labute approximate surface area is 81.7 Å². The predicted octanol–water partition coefficient (Wildman–Crippen LogP) is 1.76. The van der Waals surface area contributed by atoms with Gasteiger partial charge in [-0.3, -0.25) is 0 Å². The summed E-state index contributed by atoms with van der Waals surface area (Å²) in [5.41, 5.74) is 2.17. The van der Waals surface area contributed by atoms with Gasteiger partial charge in [0, 0.05) is 3.58 Å². The molecule has 1 rings (SSSR count). The van der Waals surface area contributed by atoms with E-state index in [9.17, 15) is 0 Å². The highest BCUT2D eigenvalue weighted by molar-refractivity contribution is 14.1. The van der Waals surface area contributed by atoms with E-state index in [0.717, 1.165) is 12.0 Å². The van der Waals surface area contributed by atoms with Crippen molar-refractivity contribution in [3.63, 3.8) is 0 Å². The molecule has 0 aromatic rings. The lowest BCUT2D eigenvalue weighted by Crippen LogP contribution is -2.05. The average molecular weight is 257 g/mol. The first kappa shape index (κ1) is 8.86. The summed E-state index contributed by atoms with van der Waals surface area (Å²) in [6, 6.07) is 2.20.